The van der Waals surface area contributed by atoms with Crippen LogP contribution in [0.2, 0.25) is 0 Å². The molecule has 3 rings (SSSR count). The number of nitrogens with two attached hydrogens (primary N) is 1. The number of nitrogens with zero attached hydrogens (tertiary/aromatic N) is 1. The van der Waals surface area contributed by atoms with E-state index in [1.54, 1.807) is 41.9 Å². The van der Waals surface area contributed by atoms with Crippen LogP contribution in [0.25, 0.3) is 0 Å². The van der Waals surface area contributed by atoms with Crippen LogP contribution < -0.4 is 16.1 Å². The van der Waals surface area contributed by atoms with Gasteiger partial charge in [0, 0.05) is 0 Å². The van der Waals surface area contributed by atoms with Gasteiger partial charge < -0.3 is 15.1 Å². The van der Waals surface area contributed by atoms with Crippen molar-refractivity contribution in [2.75, 3.05) is 6.54 Å². The number of rotatable bonds is 7. The second kappa shape index (κ2) is 7.63. The third-order valence-electron chi connectivity index (χ3n) is 4.77. The summed E-state index contributed by atoms with van der Waals surface area (Å²) in [5.41, 5.74) is 1.92. The first-order valence-electron chi connectivity index (χ1n) is 8.86. The second-order valence-electron chi connectivity index (χ2n) is 6.47. The Labute approximate surface area is 156 Å². The minimum Gasteiger partial charge on any atom is -0.463 e. The highest BCUT2D eigenvalue weighted by Crippen LogP contribution is 2.31. The van der Waals surface area contributed by atoms with Gasteiger partial charge >= 0.3 is 6.03 Å². The highest BCUT2D eigenvalue weighted by atomic mass is 16.3. The van der Waals surface area contributed by atoms with E-state index in [0.29, 0.717) is 12.0 Å². The zero-order valence-corrected chi connectivity index (χ0v) is 15.3. The van der Waals surface area contributed by atoms with Crippen LogP contribution in [-0.4, -0.2) is 29.4 Å². The number of furan rings is 1. The van der Waals surface area contributed by atoms with E-state index < -0.39 is 23.4 Å². The quantitative estimate of drug-likeness (QED) is 0.625. The van der Waals surface area contributed by atoms with Gasteiger partial charge in [-0.2, -0.15) is 5.01 Å². The van der Waals surface area contributed by atoms with E-state index in [9.17, 15) is 14.4 Å². The lowest BCUT2D eigenvalue weighted by molar-refractivity contribution is -0.684. The van der Waals surface area contributed by atoms with E-state index in [2.05, 4.69) is 10.7 Å². The molecule has 2 aromatic rings. The summed E-state index contributed by atoms with van der Waals surface area (Å²) in [6, 6.07) is 11.9. The third-order valence-corrected chi connectivity index (χ3v) is 4.77. The maximum atomic E-state index is 12.9. The lowest BCUT2D eigenvalue weighted by atomic mass is 9.87. The van der Waals surface area contributed by atoms with E-state index >= 15 is 0 Å². The number of nitrogens with one attached hydrogen (secondary N) is 2. The molecule has 4 N–H and O–H groups in total. The van der Waals surface area contributed by atoms with Crippen LogP contribution in [0.3, 0.4) is 0 Å². The number of quaternary nitrogens is 1. The largest absolute Gasteiger partial charge is 0.463 e. The molecule has 0 unspecified atom stereocenters. The smallest absolute Gasteiger partial charge is 0.344 e. The van der Waals surface area contributed by atoms with Crippen molar-refractivity contribution in [2.24, 2.45) is 0 Å². The fraction of sp³-hybridized carbons (Fsp3) is 0.316. The number of hydrogen-bond donors (Lipinski definition) is 3. The first-order valence-corrected chi connectivity index (χ1v) is 8.86. The average Bonchev–Trinajstić information content (AvgIpc) is 3.30. The Morgan fingerprint density at radius 1 is 1.26 bits per heavy atom. The molecular formula is C19H23N4O4+. The van der Waals surface area contributed by atoms with E-state index in [1.807, 2.05) is 26.0 Å². The minimum atomic E-state index is -1.17. The molecule has 4 amide bonds. The van der Waals surface area contributed by atoms with Gasteiger partial charge in [-0.3, -0.25) is 15.0 Å². The van der Waals surface area contributed by atoms with Crippen LogP contribution in [0.1, 0.15) is 37.6 Å². The summed E-state index contributed by atoms with van der Waals surface area (Å²) in [4.78, 5) is 37.5. The normalized spacial score (nSPS) is 20.4. The summed E-state index contributed by atoms with van der Waals surface area (Å²) in [5, 5.41) is 5.25. The Bertz CT molecular complexity index is 821. The molecule has 0 radical (unpaired) electrons. The van der Waals surface area contributed by atoms with Crippen LogP contribution in [0.4, 0.5) is 4.79 Å². The number of amides is 4. The molecular weight excluding hydrogens is 348 g/mol. The molecule has 8 heteroatoms. The van der Waals surface area contributed by atoms with Gasteiger partial charge in [0.1, 0.15) is 11.6 Å². The Morgan fingerprint density at radius 2 is 2.00 bits per heavy atom. The summed E-state index contributed by atoms with van der Waals surface area (Å²) < 4.78 is 5.29. The Balaban J connectivity index is 1.66. The topological polar surface area (TPSA) is 108 Å². The van der Waals surface area contributed by atoms with Crippen molar-refractivity contribution < 1.29 is 24.1 Å². The van der Waals surface area contributed by atoms with Crippen molar-refractivity contribution >= 4 is 17.8 Å². The molecule has 27 heavy (non-hydrogen) atoms. The SMILES string of the molecule is CC[C@@]1(c2ccccc2)NC(=O)N(NC(=O)C[NH2+][C@H](C)c2ccco2)C1=O. The van der Waals surface area contributed by atoms with Gasteiger partial charge in [0.05, 0.1) is 6.26 Å². The summed E-state index contributed by atoms with van der Waals surface area (Å²) in [7, 11) is 0. The summed E-state index contributed by atoms with van der Waals surface area (Å²) in [6.07, 6.45) is 1.94. The van der Waals surface area contributed by atoms with Crippen LogP contribution in [-0.2, 0) is 15.1 Å². The molecule has 8 nitrogen and oxygen atoms in total. The molecule has 1 aliphatic heterocycles. The van der Waals surface area contributed by atoms with Crippen molar-refractivity contribution in [3.8, 4) is 0 Å². The summed E-state index contributed by atoms with van der Waals surface area (Å²) in [5.74, 6) is -0.197. The second-order valence-corrected chi connectivity index (χ2v) is 6.47. The highest BCUT2D eigenvalue weighted by Gasteiger charge is 2.52. The monoisotopic (exact) mass is 371 g/mol. The fourth-order valence-electron chi connectivity index (χ4n) is 3.16. The predicted molar refractivity (Wildman–Crippen MR) is 95.8 cm³/mol. The molecule has 1 aliphatic rings. The lowest BCUT2D eigenvalue weighted by Gasteiger charge is -2.25. The Morgan fingerprint density at radius 3 is 2.63 bits per heavy atom. The van der Waals surface area contributed by atoms with E-state index in [0.717, 1.165) is 10.8 Å². The molecule has 2 heterocycles. The van der Waals surface area contributed by atoms with E-state index in [4.69, 9.17) is 4.42 Å². The molecule has 142 valence electrons. The molecule has 2 atom stereocenters. The molecule has 0 spiro atoms. The van der Waals surface area contributed by atoms with Gasteiger partial charge in [0.25, 0.3) is 11.8 Å². The third kappa shape index (κ3) is 3.56. The molecule has 0 saturated carbocycles. The van der Waals surface area contributed by atoms with Gasteiger partial charge in [-0.05, 0) is 31.0 Å². The maximum Gasteiger partial charge on any atom is 0.344 e. The molecule has 1 aromatic heterocycles. The molecule has 0 aliphatic carbocycles. The summed E-state index contributed by atoms with van der Waals surface area (Å²) >= 11 is 0. The molecule has 1 aromatic carbocycles. The van der Waals surface area contributed by atoms with Crippen LogP contribution in [0.5, 0.6) is 0 Å². The highest BCUT2D eigenvalue weighted by molar-refractivity contribution is 6.08. The van der Waals surface area contributed by atoms with Crippen LogP contribution >= 0.6 is 0 Å². The number of carbonyl (C=O) groups is 3. The Hall–Kier alpha value is -3.13. The van der Waals surface area contributed by atoms with E-state index in [1.165, 1.54) is 0 Å². The lowest BCUT2D eigenvalue weighted by Crippen LogP contribution is -2.87. The molecule has 1 saturated heterocycles. The fourth-order valence-corrected chi connectivity index (χ4v) is 3.16. The number of carbonyl (C=O) groups excluding carboxylic acids is 3. The summed E-state index contributed by atoms with van der Waals surface area (Å²) in [6.45, 7) is 3.76. The number of benzene rings is 1. The molecule has 0 bridgehead atoms. The van der Waals surface area contributed by atoms with Crippen molar-refractivity contribution in [1.82, 2.24) is 15.8 Å². The van der Waals surface area contributed by atoms with Gasteiger partial charge in [-0.15, -0.1) is 0 Å². The van der Waals surface area contributed by atoms with Gasteiger partial charge in [-0.1, -0.05) is 37.3 Å². The van der Waals surface area contributed by atoms with Crippen molar-refractivity contribution in [3.05, 3.63) is 60.1 Å². The number of hydrogen-bond acceptors (Lipinski definition) is 4. The van der Waals surface area contributed by atoms with Gasteiger partial charge in [-0.25, -0.2) is 4.79 Å². The number of urea groups is 1. The van der Waals surface area contributed by atoms with Gasteiger partial charge in [0.15, 0.2) is 12.3 Å². The van der Waals surface area contributed by atoms with Crippen molar-refractivity contribution in [1.29, 1.82) is 0 Å². The van der Waals surface area contributed by atoms with Crippen LogP contribution in [0.15, 0.2) is 53.1 Å². The maximum absolute atomic E-state index is 12.9. The first kappa shape index (κ1) is 18.7. The zero-order valence-electron chi connectivity index (χ0n) is 15.3. The Kier molecular flexibility index (Phi) is 5.27. The van der Waals surface area contributed by atoms with Crippen LogP contribution in [0, 0.1) is 0 Å². The predicted octanol–water partition coefficient (Wildman–Crippen LogP) is 0.793. The standard InChI is InChI=1S/C19H22N4O4/c1-3-19(14-8-5-4-6-9-14)17(25)23(18(26)21-19)22-16(24)12-20-13(2)15-10-7-11-27-15/h4-11,13,20H,3,12H2,1-2H3,(H,21,26)(H,22,24)/p+1/t13-,19+/m1/s1. The minimum absolute atomic E-state index is 0.0450. The van der Waals surface area contributed by atoms with Crippen molar-refractivity contribution in [2.45, 2.75) is 31.8 Å². The van der Waals surface area contributed by atoms with E-state index in [-0.39, 0.29) is 12.6 Å². The van der Waals surface area contributed by atoms with Crippen molar-refractivity contribution in [3.63, 3.8) is 0 Å². The zero-order chi connectivity index (χ0) is 19.4. The first-order chi connectivity index (χ1) is 13.0. The number of imide groups is 1. The number of hydrazine groups is 1. The molecule has 1 fully saturated rings. The average molecular weight is 371 g/mol. The van der Waals surface area contributed by atoms with Gasteiger partial charge in [0.2, 0.25) is 0 Å².